The van der Waals surface area contributed by atoms with Crippen LogP contribution in [-0.4, -0.2) is 15.8 Å². The summed E-state index contributed by atoms with van der Waals surface area (Å²) in [6.07, 6.45) is 0.0166. The third-order valence-electron chi connectivity index (χ3n) is 4.08. The highest BCUT2D eigenvalue weighted by Gasteiger charge is 2.32. The van der Waals surface area contributed by atoms with Crippen LogP contribution in [0.1, 0.15) is 41.1 Å². The molecule has 4 nitrogen and oxygen atoms in total. The zero-order valence-corrected chi connectivity index (χ0v) is 14.4. The first-order chi connectivity index (χ1) is 12.9. The number of Topliss-reactive ketones (excluding diaryl/α,β-unsaturated/α-hetero) is 1. The van der Waals surface area contributed by atoms with Gasteiger partial charge in [-0.05, 0) is 43.0 Å². The van der Waals surface area contributed by atoms with E-state index >= 15 is 0 Å². The SMILES string of the molecule is O=C(CCCCc1ccccc1C(F)(F)F)c1ncc(-c2ccccn2)o1. The Morgan fingerprint density at radius 2 is 1.78 bits per heavy atom. The van der Waals surface area contributed by atoms with Crippen molar-refractivity contribution in [1.29, 1.82) is 0 Å². The van der Waals surface area contributed by atoms with Crippen molar-refractivity contribution < 1.29 is 22.4 Å². The van der Waals surface area contributed by atoms with Crippen molar-refractivity contribution >= 4 is 5.78 Å². The number of oxazole rings is 1. The number of nitrogens with zero attached hydrogens (tertiary/aromatic N) is 2. The van der Waals surface area contributed by atoms with Crippen molar-refractivity contribution in [2.24, 2.45) is 0 Å². The van der Waals surface area contributed by atoms with Gasteiger partial charge < -0.3 is 4.42 Å². The van der Waals surface area contributed by atoms with Gasteiger partial charge in [-0.25, -0.2) is 4.98 Å². The molecule has 0 N–H and O–H groups in total. The largest absolute Gasteiger partial charge is 0.432 e. The monoisotopic (exact) mass is 374 g/mol. The Bertz CT molecular complexity index is 905. The fourth-order valence-electron chi connectivity index (χ4n) is 2.75. The Kier molecular flexibility index (Phi) is 5.69. The van der Waals surface area contributed by atoms with Gasteiger partial charge >= 0.3 is 6.18 Å². The highest BCUT2D eigenvalue weighted by atomic mass is 19.4. The molecule has 27 heavy (non-hydrogen) atoms. The quantitative estimate of drug-likeness (QED) is 0.413. The molecule has 0 amide bonds. The summed E-state index contributed by atoms with van der Waals surface area (Å²) >= 11 is 0. The maximum Gasteiger partial charge on any atom is 0.416 e. The van der Waals surface area contributed by atoms with Gasteiger partial charge in [0.2, 0.25) is 5.78 Å². The number of hydrogen-bond donors (Lipinski definition) is 0. The first-order valence-electron chi connectivity index (χ1n) is 8.50. The summed E-state index contributed by atoms with van der Waals surface area (Å²) in [5.74, 6) is 0.116. The molecular formula is C20H17F3N2O2. The van der Waals surface area contributed by atoms with Crippen molar-refractivity contribution in [3.8, 4) is 11.5 Å². The number of benzene rings is 1. The molecule has 3 rings (SSSR count). The van der Waals surface area contributed by atoms with Gasteiger partial charge in [0, 0.05) is 12.6 Å². The number of unbranched alkanes of at least 4 members (excludes halogenated alkanes) is 1. The Labute approximate surface area is 154 Å². The molecule has 0 bridgehead atoms. The van der Waals surface area contributed by atoms with Crippen LogP contribution in [0.5, 0.6) is 0 Å². The summed E-state index contributed by atoms with van der Waals surface area (Å²) in [6.45, 7) is 0. The van der Waals surface area contributed by atoms with E-state index in [9.17, 15) is 18.0 Å². The second kappa shape index (κ2) is 8.16. The number of ketones is 1. The summed E-state index contributed by atoms with van der Waals surface area (Å²) in [7, 11) is 0. The van der Waals surface area contributed by atoms with Gasteiger partial charge in [-0.1, -0.05) is 24.3 Å². The molecule has 0 radical (unpaired) electrons. The predicted molar refractivity (Wildman–Crippen MR) is 93.1 cm³/mol. The Morgan fingerprint density at radius 3 is 2.52 bits per heavy atom. The van der Waals surface area contributed by atoms with Gasteiger partial charge in [0.05, 0.1) is 11.8 Å². The minimum absolute atomic E-state index is 0.00801. The highest BCUT2D eigenvalue weighted by molar-refractivity contribution is 5.91. The van der Waals surface area contributed by atoms with E-state index in [1.165, 1.54) is 18.3 Å². The van der Waals surface area contributed by atoms with E-state index in [-0.39, 0.29) is 30.1 Å². The number of aromatic nitrogens is 2. The highest BCUT2D eigenvalue weighted by Crippen LogP contribution is 2.32. The molecular weight excluding hydrogens is 357 g/mol. The minimum Gasteiger partial charge on any atom is -0.432 e. The molecule has 7 heteroatoms. The summed E-state index contributed by atoms with van der Waals surface area (Å²) in [4.78, 5) is 20.3. The number of hydrogen-bond acceptors (Lipinski definition) is 4. The van der Waals surface area contributed by atoms with Crippen molar-refractivity contribution in [3.05, 3.63) is 71.9 Å². The first-order valence-corrected chi connectivity index (χ1v) is 8.50. The molecule has 3 aromatic rings. The number of alkyl halides is 3. The number of pyridine rings is 1. The standard InChI is InChI=1S/C20H17F3N2O2/c21-20(22,23)15-9-3-1-7-14(15)8-2-4-11-17(26)19-25-13-18(27-19)16-10-5-6-12-24-16/h1,3,5-7,9-10,12-13H,2,4,8,11H2. The van der Waals surface area contributed by atoms with Crippen molar-refractivity contribution in [2.75, 3.05) is 0 Å². The first kappa shape index (κ1) is 18.8. The lowest BCUT2D eigenvalue weighted by Crippen LogP contribution is -2.09. The lowest BCUT2D eigenvalue weighted by Gasteiger charge is -2.12. The van der Waals surface area contributed by atoms with Crippen LogP contribution in [0.4, 0.5) is 13.2 Å². The molecule has 0 aliphatic rings. The number of carbonyl (C=O) groups excluding carboxylic acids is 1. The van der Waals surface area contributed by atoms with E-state index in [1.807, 2.05) is 0 Å². The summed E-state index contributed by atoms with van der Waals surface area (Å²) in [6, 6.07) is 10.8. The Morgan fingerprint density at radius 1 is 1.00 bits per heavy atom. The topological polar surface area (TPSA) is 56.0 Å². The molecule has 1 aromatic carbocycles. The Balaban J connectivity index is 1.53. The second-order valence-corrected chi connectivity index (χ2v) is 6.03. The number of halogens is 3. The van der Waals surface area contributed by atoms with Crippen LogP contribution in [0.15, 0.2) is 59.3 Å². The predicted octanol–water partition coefficient (Wildman–Crippen LogP) is 5.35. The van der Waals surface area contributed by atoms with Crippen LogP contribution in [-0.2, 0) is 12.6 Å². The number of carbonyl (C=O) groups is 1. The van der Waals surface area contributed by atoms with Gasteiger partial charge in [-0.2, -0.15) is 13.2 Å². The fraction of sp³-hybridized carbons (Fsp3) is 0.250. The van der Waals surface area contributed by atoms with E-state index in [1.54, 1.807) is 30.5 Å². The molecule has 0 unspecified atom stereocenters. The van der Waals surface area contributed by atoms with Crippen molar-refractivity contribution in [1.82, 2.24) is 9.97 Å². The van der Waals surface area contributed by atoms with Crippen molar-refractivity contribution in [3.63, 3.8) is 0 Å². The fourth-order valence-corrected chi connectivity index (χ4v) is 2.75. The van der Waals surface area contributed by atoms with Crippen LogP contribution in [0, 0.1) is 0 Å². The van der Waals surface area contributed by atoms with Crippen LogP contribution in [0.25, 0.3) is 11.5 Å². The molecule has 0 saturated heterocycles. The smallest absolute Gasteiger partial charge is 0.416 e. The lowest BCUT2D eigenvalue weighted by atomic mass is 10.0. The average molecular weight is 374 g/mol. The average Bonchev–Trinajstić information content (AvgIpc) is 3.16. The molecule has 2 aromatic heterocycles. The van der Waals surface area contributed by atoms with Gasteiger partial charge in [0.1, 0.15) is 5.69 Å². The molecule has 0 aliphatic heterocycles. The van der Waals surface area contributed by atoms with Crippen LogP contribution < -0.4 is 0 Å². The van der Waals surface area contributed by atoms with Gasteiger partial charge in [-0.3, -0.25) is 9.78 Å². The molecule has 0 spiro atoms. The third-order valence-corrected chi connectivity index (χ3v) is 4.08. The molecule has 0 aliphatic carbocycles. The summed E-state index contributed by atoms with van der Waals surface area (Å²) in [5, 5.41) is 0. The summed E-state index contributed by atoms with van der Waals surface area (Å²) in [5.41, 5.74) is 0.197. The Hall–Kier alpha value is -2.96. The molecule has 140 valence electrons. The van der Waals surface area contributed by atoms with Gasteiger partial charge in [0.25, 0.3) is 5.89 Å². The van der Waals surface area contributed by atoms with Gasteiger partial charge in [0.15, 0.2) is 5.76 Å². The zero-order chi connectivity index (χ0) is 19.3. The second-order valence-electron chi connectivity index (χ2n) is 6.03. The van der Waals surface area contributed by atoms with E-state index in [2.05, 4.69) is 9.97 Å². The third kappa shape index (κ3) is 4.81. The summed E-state index contributed by atoms with van der Waals surface area (Å²) < 4.78 is 44.3. The van der Waals surface area contributed by atoms with Crippen LogP contribution in [0.3, 0.4) is 0 Å². The maximum atomic E-state index is 13.0. The molecule has 0 atom stereocenters. The van der Waals surface area contributed by atoms with E-state index in [0.29, 0.717) is 24.3 Å². The van der Waals surface area contributed by atoms with E-state index < -0.39 is 11.7 Å². The van der Waals surface area contributed by atoms with E-state index in [4.69, 9.17) is 4.42 Å². The molecule has 0 fully saturated rings. The number of rotatable bonds is 7. The maximum absolute atomic E-state index is 13.0. The van der Waals surface area contributed by atoms with Crippen LogP contribution >= 0.6 is 0 Å². The normalized spacial score (nSPS) is 11.5. The zero-order valence-electron chi connectivity index (χ0n) is 14.4. The van der Waals surface area contributed by atoms with E-state index in [0.717, 1.165) is 6.07 Å². The molecule has 2 heterocycles. The van der Waals surface area contributed by atoms with Crippen LogP contribution in [0.2, 0.25) is 0 Å². The number of aryl methyl sites for hydroxylation is 1. The minimum atomic E-state index is -4.37. The van der Waals surface area contributed by atoms with Crippen molar-refractivity contribution in [2.45, 2.75) is 31.9 Å². The molecule has 0 saturated carbocycles. The lowest BCUT2D eigenvalue weighted by molar-refractivity contribution is -0.138. The van der Waals surface area contributed by atoms with Gasteiger partial charge in [-0.15, -0.1) is 0 Å².